The standard InChI is InChI=1S/C10H9N5OS/c1-15-8(10-11-13-14-12-10)9(16)6-4-2-3-5-7(6)17-15/h2-5,8H,1H3,(H,11,12,13,14). The summed E-state index contributed by atoms with van der Waals surface area (Å²) in [6.45, 7) is 0. The van der Waals surface area contributed by atoms with Crippen LogP contribution in [0.4, 0.5) is 0 Å². The molecule has 3 rings (SSSR count). The van der Waals surface area contributed by atoms with Crippen molar-refractivity contribution in [3.8, 4) is 0 Å². The summed E-state index contributed by atoms with van der Waals surface area (Å²) < 4.78 is 1.84. The minimum Gasteiger partial charge on any atom is -0.292 e. The van der Waals surface area contributed by atoms with Crippen LogP contribution in [-0.2, 0) is 0 Å². The van der Waals surface area contributed by atoms with Gasteiger partial charge in [-0.05, 0) is 25.1 Å². The molecule has 1 unspecified atom stereocenters. The summed E-state index contributed by atoms with van der Waals surface area (Å²) in [5, 5.41) is 13.7. The number of nitrogens with zero attached hydrogens (tertiary/aromatic N) is 4. The molecule has 86 valence electrons. The van der Waals surface area contributed by atoms with Crippen LogP contribution in [-0.4, -0.2) is 37.8 Å². The maximum atomic E-state index is 12.3. The predicted molar refractivity (Wildman–Crippen MR) is 61.3 cm³/mol. The van der Waals surface area contributed by atoms with Crippen LogP contribution in [0.25, 0.3) is 0 Å². The maximum absolute atomic E-state index is 12.3. The Hall–Kier alpha value is -1.73. The molecular formula is C10H9N5OS. The van der Waals surface area contributed by atoms with Gasteiger partial charge in [0.05, 0.1) is 0 Å². The Labute approximate surface area is 102 Å². The van der Waals surface area contributed by atoms with E-state index >= 15 is 0 Å². The number of H-pyrrole nitrogens is 1. The lowest BCUT2D eigenvalue weighted by atomic mass is 10.0. The molecule has 6 nitrogen and oxygen atoms in total. The zero-order valence-corrected chi connectivity index (χ0v) is 9.81. The molecule has 7 heteroatoms. The molecule has 0 saturated carbocycles. The third kappa shape index (κ3) is 1.63. The Kier molecular flexibility index (Phi) is 2.41. The second kappa shape index (κ2) is 3.94. The van der Waals surface area contributed by atoms with Crippen molar-refractivity contribution >= 4 is 17.7 Å². The van der Waals surface area contributed by atoms with E-state index in [9.17, 15) is 4.79 Å². The maximum Gasteiger partial charge on any atom is 0.200 e. The van der Waals surface area contributed by atoms with Crippen molar-refractivity contribution in [1.82, 2.24) is 24.9 Å². The Morgan fingerprint density at radius 3 is 3.00 bits per heavy atom. The monoisotopic (exact) mass is 247 g/mol. The molecular weight excluding hydrogens is 238 g/mol. The van der Waals surface area contributed by atoms with Crippen LogP contribution < -0.4 is 0 Å². The number of hydrogen-bond donors (Lipinski definition) is 1. The summed E-state index contributed by atoms with van der Waals surface area (Å²) in [5.41, 5.74) is 0.713. The second-order valence-corrected chi connectivity index (χ2v) is 4.87. The molecule has 1 aromatic carbocycles. The van der Waals surface area contributed by atoms with Gasteiger partial charge in [-0.3, -0.25) is 4.79 Å². The number of ketones is 1. The van der Waals surface area contributed by atoms with Crippen LogP contribution in [0.3, 0.4) is 0 Å². The Balaban J connectivity index is 2.07. The number of likely N-dealkylation sites (N-methyl/N-ethyl adjacent to an activating group) is 1. The number of carbonyl (C=O) groups excluding carboxylic acids is 1. The van der Waals surface area contributed by atoms with Gasteiger partial charge in [-0.2, -0.15) is 5.21 Å². The third-order valence-corrected chi connectivity index (χ3v) is 3.66. The number of aromatic nitrogens is 4. The van der Waals surface area contributed by atoms with Crippen LogP contribution in [0.1, 0.15) is 22.2 Å². The summed E-state index contributed by atoms with van der Waals surface area (Å²) in [5.74, 6) is 0.405. The van der Waals surface area contributed by atoms with Gasteiger partial charge in [0.25, 0.3) is 0 Å². The summed E-state index contributed by atoms with van der Waals surface area (Å²) in [6.07, 6.45) is 0. The zero-order chi connectivity index (χ0) is 11.8. The largest absolute Gasteiger partial charge is 0.292 e. The fraction of sp³-hybridized carbons (Fsp3) is 0.200. The van der Waals surface area contributed by atoms with E-state index in [-0.39, 0.29) is 5.78 Å². The summed E-state index contributed by atoms with van der Waals surface area (Å²) in [7, 11) is 1.85. The second-order valence-electron chi connectivity index (χ2n) is 3.67. The molecule has 1 N–H and O–H groups in total. The molecule has 0 aliphatic carbocycles. The predicted octanol–water partition coefficient (Wildman–Crippen LogP) is 1.08. The van der Waals surface area contributed by atoms with Crippen LogP contribution >= 0.6 is 11.9 Å². The molecule has 0 bridgehead atoms. The normalized spacial score (nSPS) is 20.3. The highest BCUT2D eigenvalue weighted by Gasteiger charge is 2.36. The van der Waals surface area contributed by atoms with Gasteiger partial charge in [-0.25, -0.2) is 4.31 Å². The molecule has 0 amide bonds. The third-order valence-electron chi connectivity index (χ3n) is 2.61. The smallest absolute Gasteiger partial charge is 0.200 e. The first-order valence-corrected chi connectivity index (χ1v) is 5.82. The zero-order valence-electron chi connectivity index (χ0n) is 8.99. The van der Waals surface area contributed by atoms with Gasteiger partial charge in [0.1, 0.15) is 6.04 Å². The first kappa shape index (κ1) is 10.4. The number of carbonyl (C=O) groups is 1. The lowest BCUT2D eigenvalue weighted by Crippen LogP contribution is -2.31. The van der Waals surface area contributed by atoms with E-state index in [1.54, 1.807) is 0 Å². The van der Waals surface area contributed by atoms with Crippen molar-refractivity contribution in [2.24, 2.45) is 0 Å². The number of hydrogen-bond acceptors (Lipinski definition) is 6. The SMILES string of the molecule is CN1Sc2ccccc2C(=O)C1c1nn[nH]n1. The lowest BCUT2D eigenvalue weighted by Gasteiger charge is -2.29. The quantitative estimate of drug-likeness (QED) is 0.760. The van der Waals surface area contributed by atoms with E-state index in [1.165, 1.54) is 11.9 Å². The summed E-state index contributed by atoms with van der Waals surface area (Å²) in [6, 6.07) is 7.05. The molecule has 0 spiro atoms. The molecule has 0 fully saturated rings. The first-order chi connectivity index (χ1) is 8.27. The van der Waals surface area contributed by atoms with Crippen LogP contribution in [0, 0.1) is 0 Å². The van der Waals surface area contributed by atoms with E-state index in [0.29, 0.717) is 11.4 Å². The molecule has 1 aromatic heterocycles. The fourth-order valence-corrected chi connectivity index (χ4v) is 2.85. The Morgan fingerprint density at radius 2 is 2.24 bits per heavy atom. The summed E-state index contributed by atoms with van der Waals surface area (Å²) in [4.78, 5) is 13.3. The number of tetrazole rings is 1. The number of nitrogens with one attached hydrogen (secondary N) is 1. The number of benzene rings is 1. The van der Waals surface area contributed by atoms with Crippen molar-refractivity contribution in [2.45, 2.75) is 10.9 Å². The van der Waals surface area contributed by atoms with Gasteiger partial charge in [0, 0.05) is 10.5 Å². The highest BCUT2D eigenvalue weighted by Crippen LogP contribution is 2.39. The number of fused-ring (bicyclic) bond motifs is 1. The summed E-state index contributed by atoms with van der Waals surface area (Å²) >= 11 is 1.51. The van der Waals surface area contributed by atoms with Gasteiger partial charge in [0.2, 0.25) is 0 Å². The van der Waals surface area contributed by atoms with Gasteiger partial charge in [-0.15, -0.1) is 10.2 Å². The molecule has 0 saturated heterocycles. The highest BCUT2D eigenvalue weighted by atomic mass is 32.2. The van der Waals surface area contributed by atoms with Crippen molar-refractivity contribution in [3.05, 3.63) is 35.7 Å². The minimum atomic E-state index is -0.478. The van der Waals surface area contributed by atoms with Crippen molar-refractivity contribution in [2.75, 3.05) is 7.05 Å². The van der Waals surface area contributed by atoms with Crippen molar-refractivity contribution < 1.29 is 4.79 Å². The van der Waals surface area contributed by atoms with Crippen molar-refractivity contribution in [3.63, 3.8) is 0 Å². The lowest BCUT2D eigenvalue weighted by molar-refractivity contribution is 0.0898. The number of rotatable bonds is 1. The molecule has 1 aliphatic rings. The molecule has 2 heterocycles. The first-order valence-electron chi connectivity index (χ1n) is 5.05. The van der Waals surface area contributed by atoms with Gasteiger partial charge < -0.3 is 0 Å². The molecule has 17 heavy (non-hydrogen) atoms. The van der Waals surface area contributed by atoms with Crippen LogP contribution in [0.5, 0.6) is 0 Å². The van der Waals surface area contributed by atoms with E-state index in [1.807, 2.05) is 35.6 Å². The number of Topliss-reactive ketones (excluding diaryl/α,β-unsaturated/α-hetero) is 1. The Morgan fingerprint density at radius 1 is 1.41 bits per heavy atom. The topological polar surface area (TPSA) is 74.8 Å². The van der Waals surface area contributed by atoms with E-state index < -0.39 is 6.04 Å². The van der Waals surface area contributed by atoms with Gasteiger partial charge in [-0.1, -0.05) is 23.4 Å². The highest BCUT2D eigenvalue weighted by molar-refractivity contribution is 7.97. The minimum absolute atomic E-state index is 0.00301. The van der Waals surface area contributed by atoms with E-state index in [0.717, 1.165) is 4.90 Å². The molecule has 1 atom stereocenters. The Bertz CT molecular complexity index is 556. The van der Waals surface area contributed by atoms with Gasteiger partial charge in [0.15, 0.2) is 11.6 Å². The van der Waals surface area contributed by atoms with Crippen LogP contribution in [0.2, 0.25) is 0 Å². The average molecular weight is 247 g/mol. The fourth-order valence-electron chi connectivity index (χ4n) is 1.84. The molecule has 2 aromatic rings. The van der Waals surface area contributed by atoms with Crippen LogP contribution in [0.15, 0.2) is 29.2 Å². The molecule has 0 radical (unpaired) electrons. The van der Waals surface area contributed by atoms with E-state index in [2.05, 4.69) is 20.6 Å². The average Bonchev–Trinajstić information content (AvgIpc) is 2.83. The molecule has 1 aliphatic heterocycles. The van der Waals surface area contributed by atoms with Crippen molar-refractivity contribution in [1.29, 1.82) is 0 Å². The number of aromatic amines is 1. The van der Waals surface area contributed by atoms with Gasteiger partial charge >= 0.3 is 0 Å². The van der Waals surface area contributed by atoms with E-state index in [4.69, 9.17) is 0 Å².